The monoisotopic (exact) mass is 431 g/mol. The van der Waals surface area contributed by atoms with Crippen molar-refractivity contribution in [2.24, 2.45) is 0 Å². The Morgan fingerprint density at radius 1 is 1.03 bits per heavy atom. The second-order valence-electron chi connectivity index (χ2n) is 8.68. The van der Waals surface area contributed by atoms with Crippen LogP contribution < -0.4 is 11.1 Å². The normalized spacial score (nSPS) is 16.8. The number of likely N-dealkylation sites (N-methyl/N-ethyl adjacent to an activating group) is 1. The number of nitrogens with zero attached hydrogens (tertiary/aromatic N) is 5. The Hall–Kier alpha value is -3.36. The Balaban J connectivity index is 1.22. The Morgan fingerprint density at radius 2 is 1.78 bits per heavy atom. The summed E-state index contributed by atoms with van der Waals surface area (Å²) in [5.41, 5.74) is 11.2. The Kier molecular flexibility index (Phi) is 5.55. The first kappa shape index (κ1) is 20.5. The van der Waals surface area contributed by atoms with E-state index in [1.807, 2.05) is 30.3 Å². The van der Waals surface area contributed by atoms with Gasteiger partial charge in [0, 0.05) is 45.8 Å². The zero-order chi connectivity index (χ0) is 22.1. The van der Waals surface area contributed by atoms with E-state index >= 15 is 0 Å². The van der Waals surface area contributed by atoms with E-state index in [-0.39, 0.29) is 6.03 Å². The van der Waals surface area contributed by atoms with Crippen LogP contribution in [0.5, 0.6) is 0 Å². The molecule has 2 aliphatic rings. The van der Waals surface area contributed by atoms with Crippen LogP contribution >= 0.6 is 0 Å². The summed E-state index contributed by atoms with van der Waals surface area (Å²) in [5.74, 6) is 0.380. The van der Waals surface area contributed by atoms with Crippen LogP contribution in [0.4, 0.5) is 16.3 Å². The van der Waals surface area contributed by atoms with Crippen LogP contribution in [0.1, 0.15) is 16.7 Å². The van der Waals surface area contributed by atoms with Crippen LogP contribution in [0.2, 0.25) is 0 Å². The number of para-hydroxylation sites is 1. The van der Waals surface area contributed by atoms with Gasteiger partial charge in [-0.25, -0.2) is 9.48 Å². The number of piperazine rings is 1. The van der Waals surface area contributed by atoms with Gasteiger partial charge in [-0.2, -0.15) is 0 Å². The third kappa shape index (κ3) is 4.32. The zero-order valence-corrected chi connectivity index (χ0v) is 18.4. The number of hydrogen-bond donors (Lipinski definition) is 2. The van der Waals surface area contributed by atoms with E-state index in [4.69, 9.17) is 5.73 Å². The molecule has 2 aliphatic heterocycles. The summed E-state index contributed by atoms with van der Waals surface area (Å²) in [7, 11) is 2.17. The van der Waals surface area contributed by atoms with Crippen LogP contribution in [0.3, 0.4) is 0 Å². The number of nitrogens with two attached hydrogens (primary N) is 1. The lowest BCUT2D eigenvalue weighted by Gasteiger charge is -2.32. The second kappa shape index (κ2) is 8.64. The van der Waals surface area contributed by atoms with Gasteiger partial charge in [0.1, 0.15) is 0 Å². The highest BCUT2D eigenvalue weighted by atomic mass is 16.2. The van der Waals surface area contributed by atoms with Gasteiger partial charge in [0.2, 0.25) is 0 Å². The minimum Gasteiger partial charge on any atom is -0.394 e. The summed E-state index contributed by atoms with van der Waals surface area (Å²) >= 11 is 0. The first-order valence-electron chi connectivity index (χ1n) is 11.0. The minimum atomic E-state index is -0.188. The van der Waals surface area contributed by atoms with E-state index in [2.05, 4.69) is 45.5 Å². The summed E-state index contributed by atoms with van der Waals surface area (Å²) < 4.78 is 1.67. The first-order chi connectivity index (χ1) is 15.5. The SMILES string of the molecule is CN1CCN(Cc2ccc3c(c2)CN(C(=O)Nc2nn(-c4ccccc4)cc2N)C3)CC1. The third-order valence-corrected chi connectivity index (χ3v) is 6.27. The molecular formula is C24H29N7O. The highest BCUT2D eigenvalue weighted by Gasteiger charge is 2.25. The molecule has 0 spiro atoms. The van der Waals surface area contributed by atoms with E-state index in [0.717, 1.165) is 38.4 Å². The number of aromatic nitrogens is 2. The van der Waals surface area contributed by atoms with E-state index < -0.39 is 0 Å². The maximum atomic E-state index is 12.9. The number of anilines is 2. The van der Waals surface area contributed by atoms with Crippen molar-refractivity contribution >= 4 is 17.5 Å². The molecule has 0 bridgehead atoms. The smallest absolute Gasteiger partial charge is 0.323 e. The van der Waals surface area contributed by atoms with Gasteiger partial charge in [-0.15, -0.1) is 5.10 Å². The summed E-state index contributed by atoms with van der Waals surface area (Å²) in [5, 5.41) is 7.33. The Morgan fingerprint density at radius 3 is 2.56 bits per heavy atom. The van der Waals surface area contributed by atoms with Gasteiger partial charge >= 0.3 is 6.03 Å². The topological polar surface area (TPSA) is 82.7 Å². The molecule has 1 aromatic heterocycles. The molecule has 32 heavy (non-hydrogen) atoms. The number of urea groups is 1. The molecule has 1 fully saturated rings. The van der Waals surface area contributed by atoms with Crippen molar-refractivity contribution in [3.8, 4) is 5.69 Å². The number of amides is 2. The van der Waals surface area contributed by atoms with Crippen molar-refractivity contribution in [2.45, 2.75) is 19.6 Å². The van der Waals surface area contributed by atoms with Crippen LogP contribution in [-0.4, -0.2) is 63.7 Å². The number of carbonyl (C=O) groups is 1. The van der Waals surface area contributed by atoms with Gasteiger partial charge in [-0.05, 0) is 35.9 Å². The largest absolute Gasteiger partial charge is 0.394 e. The number of fused-ring (bicyclic) bond motifs is 1. The fourth-order valence-corrected chi connectivity index (χ4v) is 4.33. The van der Waals surface area contributed by atoms with E-state index in [1.54, 1.807) is 15.8 Å². The van der Waals surface area contributed by atoms with Crippen molar-refractivity contribution < 1.29 is 4.79 Å². The van der Waals surface area contributed by atoms with E-state index in [1.165, 1.54) is 16.7 Å². The van der Waals surface area contributed by atoms with Gasteiger partial charge in [0.25, 0.3) is 0 Å². The van der Waals surface area contributed by atoms with E-state index in [0.29, 0.717) is 24.6 Å². The van der Waals surface area contributed by atoms with Gasteiger partial charge in [-0.1, -0.05) is 36.4 Å². The molecule has 166 valence electrons. The number of carbonyl (C=O) groups excluding carboxylic acids is 1. The average Bonchev–Trinajstić information content (AvgIpc) is 3.39. The maximum Gasteiger partial charge on any atom is 0.323 e. The molecule has 0 saturated carbocycles. The third-order valence-electron chi connectivity index (χ3n) is 6.27. The van der Waals surface area contributed by atoms with Crippen molar-refractivity contribution in [3.05, 3.63) is 71.4 Å². The number of rotatable bonds is 4. The van der Waals surface area contributed by atoms with Gasteiger partial charge in [0.05, 0.1) is 17.6 Å². The van der Waals surface area contributed by atoms with Crippen LogP contribution in [-0.2, 0) is 19.6 Å². The molecule has 5 rings (SSSR count). The van der Waals surface area contributed by atoms with Gasteiger partial charge < -0.3 is 15.5 Å². The lowest BCUT2D eigenvalue weighted by Crippen LogP contribution is -2.43. The molecule has 0 unspecified atom stereocenters. The highest BCUT2D eigenvalue weighted by molar-refractivity contribution is 5.91. The summed E-state index contributed by atoms with van der Waals surface area (Å²) in [6.45, 7) is 6.56. The predicted octanol–water partition coefficient (Wildman–Crippen LogP) is 2.75. The Bertz CT molecular complexity index is 1100. The van der Waals surface area contributed by atoms with E-state index in [9.17, 15) is 4.79 Å². The molecule has 8 heteroatoms. The lowest BCUT2D eigenvalue weighted by molar-refractivity contribution is 0.148. The number of benzene rings is 2. The Labute approximate surface area is 188 Å². The molecule has 1 saturated heterocycles. The standard InChI is InChI=1S/C24H29N7O/c1-28-9-11-29(12-10-28)14-18-7-8-19-15-30(16-20(19)13-18)24(32)26-23-22(25)17-31(27-23)21-5-3-2-4-6-21/h2-8,13,17H,9-12,14-16,25H2,1H3,(H,26,27,32). The van der Waals surface area contributed by atoms with Gasteiger partial charge in [0.15, 0.2) is 5.82 Å². The second-order valence-corrected chi connectivity index (χ2v) is 8.68. The molecule has 0 aliphatic carbocycles. The predicted molar refractivity (Wildman–Crippen MR) is 125 cm³/mol. The first-order valence-corrected chi connectivity index (χ1v) is 11.0. The molecule has 3 aromatic rings. The molecule has 0 radical (unpaired) electrons. The molecule has 8 nitrogen and oxygen atoms in total. The lowest BCUT2D eigenvalue weighted by atomic mass is 10.1. The molecule has 0 atom stereocenters. The zero-order valence-electron chi connectivity index (χ0n) is 18.4. The maximum absolute atomic E-state index is 12.9. The van der Waals surface area contributed by atoms with Crippen molar-refractivity contribution in [3.63, 3.8) is 0 Å². The van der Waals surface area contributed by atoms with Crippen molar-refractivity contribution in [1.29, 1.82) is 0 Å². The quantitative estimate of drug-likeness (QED) is 0.664. The number of nitrogen functional groups attached to an aromatic ring is 1. The molecule has 2 amide bonds. The fourth-order valence-electron chi connectivity index (χ4n) is 4.33. The van der Waals surface area contributed by atoms with Crippen LogP contribution in [0.15, 0.2) is 54.7 Å². The molecule has 3 heterocycles. The fraction of sp³-hybridized carbons (Fsp3) is 0.333. The number of hydrogen-bond acceptors (Lipinski definition) is 5. The molecule has 2 aromatic carbocycles. The summed E-state index contributed by atoms with van der Waals surface area (Å²) in [6, 6.07) is 16.1. The summed E-state index contributed by atoms with van der Waals surface area (Å²) in [4.78, 5) is 19.6. The number of nitrogens with one attached hydrogen (secondary N) is 1. The molecule has 3 N–H and O–H groups in total. The van der Waals surface area contributed by atoms with Crippen molar-refractivity contribution in [2.75, 3.05) is 44.3 Å². The highest BCUT2D eigenvalue weighted by Crippen LogP contribution is 2.26. The van der Waals surface area contributed by atoms with Crippen molar-refractivity contribution in [1.82, 2.24) is 24.5 Å². The summed E-state index contributed by atoms with van der Waals surface area (Å²) in [6.07, 6.45) is 1.72. The van der Waals surface area contributed by atoms with Gasteiger partial charge in [-0.3, -0.25) is 10.2 Å². The van der Waals surface area contributed by atoms with Crippen LogP contribution in [0.25, 0.3) is 5.69 Å². The van der Waals surface area contributed by atoms with Crippen LogP contribution in [0, 0.1) is 0 Å². The minimum absolute atomic E-state index is 0.188. The average molecular weight is 432 g/mol. The molecular weight excluding hydrogens is 402 g/mol.